The highest BCUT2D eigenvalue weighted by Crippen LogP contribution is 2.28. The Hall–Kier alpha value is -2.24. The molecule has 0 heterocycles. The molecular formula is C18H20ClNO4. The molecule has 0 aromatic heterocycles. The molecule has 1 amide bonds. The van der Waals surface area contributed by atoms with Crippen LogP contribution in [0.1, 0.15) is 22.8 Å². The molecule has 2 aromatic rings. The Morgan fingerprint density at radius 2 is 1.79 bits per heavy atom. The fourth-order valence-corrected chi connectivity index (χ4v) is 2.39. The molecular weight excluding hydrogens is 330 g/mol. The van der Waals surface area contributed by atoms with Gasteiger partial charge in [-0.25, -0.2) is 0 Å². The van der Waals surface area contributed by atoms with Crippen molar-refractivity contribution in [3.8, 4) is 11.5 Å². The molecule has 0 aliphatic carbocycles. The Kier molecular flexibility index (Phi) is 6.46. The van der Waals surface area contributed by atoms with Crippen molar-refractivity contribution in [2.75, 3.05) is 26.1 Å². The van der Waals surface area contributed by atoms with Gasteiger partial charge >= 0.3 is 0 Å². The van der Waals surface area contributed by atoms with E-state index in [0.29, 0.717) is 41.0 Å². The quantitative estimate of drug-likeness (QED) is 0.816. The number of carbonyl (C=O) groups excluding carboxylic acids is 1. The van der Waals surface area contributed by atoms with Crippen LogP contribution in [0.15, 0.2) is 36.4 Å². The van der Waals surface area contributed by atoms with Gasteiger partial charge in [-0.05, 0) is 43.3 Å². The van der Waals surface area contributed by atoms with Crippen LogP contribution in [-0.2, 0) is 11.3 Å². The number of benzene rings is 2. The highest BCUT2D eigenvalue weighted by Gasteiger charge is 2.13. The number of hydrogen-bond donors (Lipinski definition) is 1. The number of carbonyl (C=O) groups is 1. The molecule has 0 saturated carbocycles. The maximum absolute atomic E-state index is 12.5. The monoisotopic (exact) mass is 349 g/mol. The first-order valence-corrected chi connectivity index (χ1v) is 7.86. The lowest BCUT2D eigenvalue weighted by Crippen LogP contribution is -2.13. The van der Waals surface area contributed by atoms with Gasteiger partial charge in [0.2, 0.25) is 0 Å². The summed E-state index contributed by atoms with van der Waals surface area (Å²) in [5.41, 5.74) is 1.81. The molecule has 6 heteroatoms. The molecule has 0 saturated heterocycles. The smallest absolute Gasteiger partial charge is 0.255 e. The molecule has 0 radical (unpaired) electrons. The van der Waals surface area contributed by atoms with Crippen LogP contribution >= 0.6 is 11.6 Å². The Labute approximate surface area is 146 Å². The van der Waals surface area contributed by atoms with Crippen molar-refractivity contribution < 1.29 is 19.0 Å². The van der Waals surface area contributed by atoms with Crippen molar-refractivity contribution in [1.29, 1.82) is 0 Å². The van der Waals surface area contributed by atoms with Crippen molar-refractivity contribution in [2.45, 2.75) is 13.5 Å². The third-order valence-corrected chi connectivity index (χ3v) is 3.65. The molecule has 0 fully saturated rings. The standard InChI is InChI=1S/C18H20ClNO4/c1-4-24-11-13-9-12(5-7-16(13)22-2)18(21)20-15-10-14(19)6-8-17(15)23-3/h5-10H,4,11H2,1-3H3,(H,20,21). The van der Waals surface area contributed by atoms with Crippen molar-refractivity contribution in [3.05, 3.63) is 52.5 Å². The van der Waals surface area contributed by atoms with Crippen LogP contribution in [0.3, 0.4) is 0 Å². The molecule has 0 aliphatic rings. The van der Waals surface area contributed by atoms with Gasteiger partial charge in [-0.15, -0.1) is 0 Å². The van der Waals surface area contributed by atoms with Gasteiger partial charge in [-0.2, -0.15) is 0 Å². The highest BCUT2D eigenvalue weighted by atomic mass is 35.5. The van der Waals surface area contributed by atoms with Crippen molar-refractivity contribution >= 4 is 23.2 Å². The maximum atomic E-state index is 12.5. The second-order valence-electron chi connectivity index (χ2n) is 4.96. The minimum Gasteiger partial charge on any atom is -0.496 e. The first-order valence-electron chi connectivity index (χ1n) is 7.48. The lowest BCUT2D eigenvalue weighted by atomic mass is 10.1. The fourth-order valence-electron chi connectivity index (χ4n) is 2.22. The predicted octanol–water partition coefficient (Wildman–Crippen LogP) is 4.15. The first kappa shape index (κ1) is 18.1. The second-order valence-corrected chi connectivity index (χ2v) is 5.40. The molecule has 2 aromatic carbocycles. The van der Waals surface area contributed by atoms with Gasteiger partial charge in [0.15, 0.2) is 0 Å². The highest BCUT2D eigenvalue weighted by molar-refractivity contribution is 6.31. The molecule has 1 N–H and O–H groups in total. The van der Waals surface area contributed by atoms with Crippen LogP contribution < -0.4 is 14.8 Å². The van der Waals surface area contributed by atoms with E-state index >= 15 is 0 Å². The van der Waals surface area contributed by atoms with E-state index in [4.69, 9.17) is 25.8 Å². The molecule has 24 heavy (non-hydrogen) atoms. The van der Waals surface area contributed by atoms with E-state index in [9.17, 15) is 4.79 Å². The largest absolute Gasteiger partial charge is 0.496 e. The van der Waals surface area contributed by atoms with Crippen LogP contribution in [0.5, 0.6) is 11.5 Å². The average molecular weight is 350 g/mol. The average Bonchev–Trinajstić information content (AvgIpc) is 2.59. The Morgan fingerprint density at radius 3 is 2.46 bits per heavy atom. The van der Waals surface area contributed by atoms with E-state index in [-0.39, 0.29) is 5.91 Å². The normalized spacial score (nSPS) is 10.3. The van der Waals surface area contributed by atoms with E-state index in [0.717, 1.165) is 5.56 Å². The van der Waals surface area contributed by atoms with Gasteiger partial charge in [0.05, 0.1) is 26.5 Å². The van der Waals surface area contributed by atoms with E-state index in [1.54, 1.807) is 43.5 Å². The van der Waals surface area contributed by atoms with Gasteiger partial charge in [0.1, 0.15) is 11.5 Å². The van der Waals surface area contributed by atoms with Crippen molar-refractivity contribution in [1.82, 2.24) is 0 Å². The van der Waals surface area contributed by atoms with Gasteiger partial charge in [-0.1, -0.05) is 11.6 Å². The first-order chi connectivity index (χ1) is 11.6. The number of hydrogen-bond acceptors (Lipinski definition) is 4. The summed E-state index contributed by atoms with van der Waals surface area (Å²) in [7, 11) is 3.12. The Morgan fingerprint density at radius 1 is 1.08 bits per heavy atom. The summed E-state index contributed by atoms with van der Waals surface area (Å²) < 4.78 is 16.0. The predicted molar refractivity (Wildman–Crippen MR) is 94.3 cm³/mol. The number of amides is 1. The molecule has 0 atom stereocenters. The Balaban J connectivity index is 2.25. The lowest BCUT2D eigenvalue weighted by molar-refractivity contribution is 0.102. The number of anilines is 1. The van der Waals surface area contributed by atoms with E-state index in [1.165, 1.54) is 7.11 Å². The molecule has 0 spiro atoms. The summed E-state index contributed by atoms with van der Waals surface area (Å²) in [6.07, 6.45) is 0. The number of nitrogens with one attached hydrogen (secondary N) is 1. The Bertz CT molecular complexity index is 718. The van der Waals surface area contributed by atoms with Gasteiger partial charge in [0, 0.05) is 22.8 Å². The summed E-state index contributed by atoms with van der Waals surface area (Å²) in [6, 6.07) is 10.2. The maximum Gasteiger partial charge on any atom is 0.255 e. The number of halogens is 1. The topological polar surface area (TPSA) is 56.8 Å². The van der Waals surface area contributed by atoms with Crippen LogP contribution in [0.2, 0.25) is 5.02 Å². The summed E-state index contributed by atoms with van der Waals surface area (Å²) in [5, 5.41) is 3.32. The second kappa shape index (κ2) is 8.57. The van der Waals surface area contributed by atoms with Gasteiger partial charge < -0.3 is 19.5 Å². The van der Waals surface area contributed by atoms with E-state index in [1.807, 2.05) is 6.92 Å². The molecule has 0 unspecified atom stereocenters. The van der Waals surface area contributed by atoms with Crippen molar-refractivity contribution in [3.63, 3.8) is 0 Å². The third kappa shape index (κ3) is 4.40. The fraction of sp³-hybridized carbons (Fsp3) is 0.278. The van der Waals surface area contributed by atoms with Gasteiger partial charge in [-0.3, -0.25) is 4.79 Å². The van der Waals surface area contributed by atoms with Crippen molar-refractivity contribution in [2.24, 2.45) is 0 Å². The zero-order valence-electron chi connectivity index (χ0n) is 13.9. The molecule has 128 valence electrons. The van der Waals surface area contributed by atoms with Crippen LogP contribution in [-0.4, -0.2) is 26.7 Å². The van der Waals surface area contributed by atoms with Crippen LogP contribution in [0, 0.1) is 0 Å². The van der Waals surface area contributed by atoms with Gasteiger partial charge in [0.25, 0.3) is 5.91 Å². The number of rotatable bonds is 7. The molecule has 5 nitrogen and oxygen atoms in total. The summed E-state index contributed by atoms with van der Waals surface area (Å²) in [5.74, 6) is 0.951. The summed E-state index contributed by atoms with van der Waals surface area (Å²) in [4.78, 5) is 12.5. The SMILES string of the molecule is CCOCc1cc(C(=O)Nc2cc(Cl)ccc2OC)ccc1OC. The van der Waals surface area contributed by atoms with E-state index < -0.39 is 0 Å². The van der Waals surface area contributed by atoms with E-state index in [2.05, 4.69) is 5.32 Å². The summed E-state index contributed by atoms with van der Waals surface area (Å²) in [6.45, 7) is 2.87. The van der Waals surface area contributed by atoms with Crippen LogP contribution in [0.4, 0.5) is 5.69 Å². The molecule has 0 aliphatic heterocycles. The van der Waals surface area contributed by atoms with Crippen LogP contribution in [0.25, 0.3) is 0 Å². The zero-order chi connectivity index (χ0) is 17.5. The lowest BCUT2D eigenvalue weighted by Gasteiger charge is -2.13. The molecule has 0 bridgehead atoms. The molecule has 2 rings (SSSR count). The summed E-state index contributed by atoms with van der Waals surface area (Å²) >= 11 is 5.99. The zero-order valence-corrected chi connectivity index (χ0v) is 14.6. The minimum atomic E-state index is -0.268. The number of ether oxygens (including phenoxy) is 3. The number of methoxy groups -OCH3 is 2. The third-order valence-electron chi connectivity index (χ3n) is 3.41. The minimum absolute atomic E-state index is 0.268.